The molecule has 7 nitrogen and oxygen atoms in total. The van der Waals surface area contributed by atoms with E-state index in [1.165, 1.54) is 10.4 Å². The summed E-state index contributed by atoms with van der Waals surface area (Å²) in [5.74, 6) is 2.98. The number of thiophene rings is 1. The van der Waals surface area contributed by atoms with E-state index in [-0.39, 0.29) is 0 Å². The Kier molecular flexibility index (Phi) is 7.81. The fourth-order valence-corrected chi connectivity index (χ4v) is 4.53. The Balaban J connectivity index is 1.57. The number of hydrogen-bond donors (Lipinski definition) is 1. The van der Waals surface area contributed by atoms with Gasteiger partial charge >= 0.3 is 0 Å². The average molecular weight is 433 g/mol. The summed E-state index contributed by atoms with van der Waals surface area (Å²) in [7, 11) is 6.78. The first-order chi connectivity index (χ1) is 14.6. The smallest absolute Gasteiger partial charge is 0.203 e. The van der Waals surface area contributed by atoms with E-state index in [0.717, 1.165) is 50.8 Å². The molecule has 1 aromatic carbocycles. The first-order valence-corrected chi connectivity index (χ1v) is 11.0. The molecule has 1 saturated heterocycles. The van der Waals surface area contributed by atoms with E-state index in [1.807, 2.05) is 19.2 Å². The summed E-state index contributed by atoms with van der Waals surface area (Å²) in [5, 5.41) is 5.65. The monoisotopic (exact) mass is 432 g/mol. The highest BCUT2D eigenvalue weighted by Gasteiger charge is 2.21. The molecule has 0 radical (unpaired) electrons. The Morgan fingerprint density at radius 2 is 1.73 bits per heavy atom. The second-order valence-corrected chi connectivity index (χ2v) is 8.23. The van der Waals surface area contributed by atoms with Crippen LogP contribution in [-0.4, -0.2) is 70.3 Å². The Morgan fingerprint density at radius 1 is 1.07 bits per heavy atom. The zero-order chi connectivity index (χ0) is 21.5. The lowest BCUT2D eigenvalue weighted by Gasteiger charge is -2.36. The summed E-state index contributed by atoms with van der Waals surface area (Å²) in [4.78, 5) is 10.6. The van der Waals surface area contributed by atoms with Gasteiger partial charge in [-0.15, -0.1) is 11.3 Å². The van der Waals surface area contributed by atoms with Crippen molar-refractivity contribution in [1.29, 1.82) is 0 Å². The summed E-state index contributed by atoms with van der Waals surface area (Å²) >= 11 is 1.79. The fraction of sp³-hybridized carbons (Fsp3) is 0.500. The van der Waals surface area contributed by atoms with Gasteiger partial charge in [-0.05, 0) is 41.6 Å². The third-order valence-corrected chi connectivity index (χ3v) is 6.41. The van der Waals surface area contributed by atoms with Crippen molar-refractivity contribution in [2.45, 2.75) is 20.0 Å². The van der Waals surface area contributed by atoms with Crippen LogP contribution in [0.1, 0.15) is 16.0 Å². The molecule has 164 valence electrons. The highest BCUT2D eigenvalue weighted by molar-refractivity contribution is 7.10. The van der Waals surface area contributed by atoms with E-state index < -0.39 is 0 Å². The molecule has 0 amide bonds. The van der Waals surface area contributed by atoms with Crippen LogP contribution in [0.15, 0.2) is 28.6 Å². The molecule has 1 aliphatic heterocycles. The van der Waals surface area contributed by atoms with Gasteiger partial charge in [0.05, 0.1) is 27.9 Å². The maximum Gasteiger partial charge on any atom is 0.203 e. The number of guanidine groups is 1. The third-order valence-electron chi connectivity index (χ3n) is 5.39. The minimum Gasteiger partial charge on any atom is -0.493 e. The number of aryl methyl sites for hydroxylation is 1. The van der Waals surface area contributed by atoms with Crippen LogP contribution in [0.2, 0.25) is 0 Å². The Labute approximate surface area is 183 Å². The molecule has 3 rings (SSSR count). The standard InChI is InChI=1S/C22H32N4O3S/c1-16-6-11-30-20(16)14-24-22(23-2)26-9-7-25(8-10-26)15-17-12-18(27-3)21(29-5)19(13-17)28-4/h6,11-13H,7-10,14-15H2,1-5H3,(H,23,24). The van der Waals surface area contributed by atoms with Crippen LogP contribution in [0.4, 0.5) is 0 Å². The lowest BCUT2D eigenvalue weighted by molar-refractivity contribution is 0.172. The summed E-state index contributed by atoms with van der Waals surface area (Å²) in [6.07, 6.45) is 0. The van der Waals surface area contributed by atoms with Gasteiger partial charge in [-0.25, -0.2) is 0 Å². The van der Waals surface area contributed by atoms with E-state index in [1.54, 1.807) is 32.7 Å². The van der Waals surface area contributed by atoms with E-state index in [9.17, 15) is 0 Å². The van der Waals surface area contributed by atoms with E-state index in [0.29, 0.717) is 17.2 Å². The maximum atomic E-state index is 5.48. The molecular weight excluding hydrogens is 400 g/mol. The van der Waals surface area contributed by atoms with Crippen molar-refractivity contribution < 1.29 is 14.2 Å². The number of nitrogens with one attached hydrogen (secondary N) is 1. The predicted octanol–water partition coefficient (Wildman–Crippen LogP) is 2.98. The molecule has 2 aromatic rings. The maximum absolute atomic E-state index is 5.48. The second kappa shape index (κ2) is 10.5. The zero-order valence-electron chi connectivity index (χ0n) is 18.5. The molecule has 0 unspecified atom stereocenters. The fourth-order valence-electron chi connectivity index (χ4n) is 3.68. The van der Waals surface area contributed by atoms with Crippen molar-refractivity contribution in [3.05, 3.63) is 39.6 Å². The molecule has 1 aromatic heterocycles. The molecule has 0 saturated carbocycles. The number of nitrogens with zero attached hydrogens (tertiary/aromatic N) is 3. The number of piperazine rings is 1. The third kappa shape index (κ3) is 5.17. The summed E-state index contributed by atoms with van der Waals surface area (Å²) in [6.45, 7) is 7.62. The van der Waals surface area contributed by atoms with Crippen molar-refractivity contribution in [3.8, 4) is 17.2 Å². The summed E-state index contributed by atoms with van der Waals surface area (Å²) < 4.78 is 16.4. The van der Waals surface area contributed by atoms with Crippen LogP contribution >= 0.6 is 11.3 Å². The summed E-state index contributed by atoms with van der Waals surface area (Å²) in [5.41, 5.74) is 2.48. The summed E-state index contributed by atoms with van der Waals surface area (Å²) in [6, 6.07) is 6.21. The van der Waals surface area contributed by atoms with Gasteiger partial charge in [0.15, 0.2) is 17.5 Å². The van der Waals surface area contributed by atoms with Gasteiger partial charge in [-0.1, -0.05) is 0 Å². The van der Waals surface area contributed by atoms with Crippen LogP contribution in [0.5, 0.6) is 17.2 Å². The van der Waals surface area contributed by atoms with Gasteiger partial charge in [0.2, 0.25) is 5.75 Å². The van der Waals surface area contributed by atoms with Gasteiger partial charge in [-0.2, -0.15) is 0 Å². The van der Waals surface area contributed by atoms with Crippen LogP contribution in [0.3, 0.4) is 0 Å². The molecule has 0 aliphatic carbocycles. The number of aliphatic imine (C=N–C) groups is 1. The minimum atomic E-state index is 0.629. The molecule has 1 aliphatic rings. The zero-order valence-corrected chi connectivity index (χ0v) is 19.3. The lowest BCUT2D eigenvalue weighted by atomic mass is 10.1. The molecule has 0 atom stereocenters. The SMILES string of the molecule is CN=C(NCc1sccc1C)N1CCN(Cc2cc(OC)c(OC)c(OC)c2)CC1. The van der Waals surface area contributed by atoms with Crippen molar-refractivity contribution in [3.63, 3.8) is 0 Å². The number of methoxy groups -OCH3 is 3. The topological polar surface area (TPSA) is 58.6 Å². The van der Waals surface area contributed by atoms with Crippen LogP contribution in [-0.2, 0) is 13.1 Å². The Hall–Kier alpha value is -2.45. The lowest BCUT2D eigenvalue weighted by Crippen LogP contribution is -2.52. The highest BCUT2D eigenvalue weighted by atomic mass is 32.1. The van der Waals surface area contributed by atoms with Crippen LogP contribution in [0.25, 0.3) is 0 Å². The van der Waals surface area contributed by atoms with Crippen molar-refractivity contribution in [2.24, 2.45) is 4.99 Å². The quantitative estimate of drug-likeness (QED) is 0.536. The van der Waals surface area contributed by atoms with Gasteiger partial charge in [0.1, 0.15) is 0 Å². The van der Waals surface area contributed by atoms with Crippen molar-refractivity contribution >= 4 is 17.3 Å². The largest absolute Gasteiger partial charge is 0.493 e. The van der Waals surface area contributed by atoms with Crippen molar-refractivity contribution in [2.75, 3.05) is 54.6 Å². The van der Waals surface area contributed by atoms with E-state index >= 15 is 0 Å². The predicted molar refractivity (Wildman–Crippen MR) is 122 cm³/mol. The number of hydrogen-bond acceptors (Lipinski definition) is 6. The Morgan fingerprint density at radius 3 is 2.23 bits per heavy atom. The van der Waals surface area contributed by atoms with E-state index in [2.05, 4.69) is 38.5 Å². The molecule has 30 heavy (non-hydrogen) atoms. The van der Waals surface area contributed by atoms with Gasteiger partial charge in [0, 0.05) is 44.6 Å². The Bertz CT molecular complexity index is 835. The first kappa shape index (κ1) is 22.2. The molecule has 1 fully saturated rings. The van der Waals surface area contributed by atoms with Gasteiger partial charge in [-0.3, -0.25) is 9.89 Å². The van der Waals surface area contributed by atoms with Crippen molar-refractivity contribution in [1.82, 2.24) is 15.1 Å². The first-order valence-electron chi connectivity index (χ1n) is 10.1. The molecule has 2 heterocycles. The number of ether oxygens (including phenoxy) is 3. The van der Waals surface area contributed by atoms with Gasteiger partial charge in [0.25, 0.3) is 0 Å². The highest BCUT2D eigenvalue weighted by Crippen LogP contribution is 2.38. The second-order valence-electron chi connectivity index (χ2n) is 7.22. The average Bonchev–Trinajstić information content (AvgIpc) is 3.19. The number of benzene rings is 1. The van der Waals surface area contributed by atoms with Crippen LogP contribution in [0, 0.1) is 6.92 Å². The van der Waals surface area contributed by atoms with E-state index in [4.69, 9.17) is 14.2 Å². The minimum absolute atomic E-state index is 0.629. The normalized spacial score (nSPS) is 15.2. The van der Waals surface area contributed by atoms with Gasteiger partial charge < -0.3 is 24.4 Å². The molecule has 0 bridgehead atoms. The molecule has 8 heteroatoms. The van der Waals surface area contributed by atoms with Crippen LogP contribution < -0.4 is 19.5 Å². The molecule has 0 spiro atoms. The molecule has 1 N–H and O–H groups in total. The molecular formula is C22H32N4O3S. The number of rotatable bonds is 7.